The summed E-state index contributed by atoms with van der Waals surface area (Å²) in [7, 11) is 1.62. The van der Waals surface area contributed by atoms with Gasteiger partial charge in [-0.1, -0.05) is 32.8 Å². The van der Waals surface area contributed by atoms with Crippen LogP contribution in [-0.4, -0.2) is 31.1 Å². The minimum Gasteiger partial charge on any atom is -0.481 e. The molecule has 1 aromatic heterocycles. The Morgan fingerprint density at radius 1 is 1.26 bits per heavy atom. The van der Waals surface area contributed by atoms with Crippen LogP contribution in [0.1, 0.15) is 45.6 Å². The Hall–Kier alpha value is -1.05. The zero-order chi connectivity index (χ0) is 16.2. The summed E-state index contributed by atoms with van der Waals surface area (Å²) in [6.07, 6.45) is 5.51. The average Bonchev–Trinajstić information content (AvgIpc) is 2.52. The smallest absolute Gasteiger partial charge is 0.212 e. The molecule has 0 spiro atoms. The third kappa shape index (κ3) is 10.4. The molecular weight excluding hydrogens is 403 g/mol. The number of guanidine groups is 1. The number of pyridine rings is 1. The molecule has 5 nitrogen and oxygen atoms in total. The molecule has 132 valence electrons. The van der Waals surface area contributed by atoms with E-state index in [9.17, 15) is 0 Å². The molecule has 1 aromatic rings. The van der Waals surface area contributed by atoms with Crippen molar-refractivity contribution < 1.29 is 4.74 Å². The predicted molar refractivity (Wildman–Crippen MR) is 108 cm³/mol. The second-order valence-corrected chi connectivity index (χ2v) is 5.72. The molecule has 0 saturated carbocycles. The summed E-state index contributed by atoms with van der Waals surface area (Å²) >= 11 is 0. The van der Waals surface area contributed by atoms with Gasteiger partial charge in [0.25, 0.3) is 0 Å². The van der Waals surface area contributed by atoms with Crippen LogP contribution < -0.4 is 15.4 Å². The number of aromatic nitrogens is 1. The summed E-state index contributed by atoms with van der Waals surface area (Å²) in [6.45, 7) is 9.03. The Morgan fingerprint density at radius 3 is 2.61 bits per heavy atom. The first-order valence-corrected chi connectivity index (χ1v) is 8.16. The first-order chi connectivity index (χ1) is 10.7. The highest BCUT2D eigenvalue weighted by Gasteiger charge is 1.99. The second-order valence-electron chi connectivity index (χ2n) is 5.72. The van der Waals surface area contributed by atoms with Gasteiger partial charge in [0.05, 0.1) is 13.7 Å². The van der Waals surface area contributed by atoms with E-state index in [0.29, 0.717) is 12.4 Å². The lowest BCUT2D eigenvalue weighted by Crippen LogP contribution is -2.37. The normalized spacial score (nSPS) is 11.1. The Morgan fingerprint density at radius 2 is 2.04 bits per heavy atom. The van der Waals surface area contributed by atoms with Gasteiger partial charge >= 0.3 is 0 Å². The van der Waals surface area contributed by atoms with Crippen molar-refractivity contribution >= 4 is 29.9 Å². The van der Waals surface area contributed by atoms with Crippen molar-refractivity contribution in [3.63, 3.8) is 0 Å². The van der Waals surface area contributed by atoms with Gasteiger partial charge in [0.15, 0.2) is 5.96 Å². The van der Waals surface area contributed by atoms with E-state index in [4.69, 9.17) is 4.74 Å². The standard InChI is InChI=1S/C17H30N4O.HI/c1-5-18-17(19-11-7-6-8-14(2)3)21-13-15-9-10-16(22-4)20-12-15;/h9-10,12,14H,5-8,11,13H2,1-4H3,(H2,18,19,21);1H. The zero-order valence-electron chi connectivity index (χ0n) is 14.8. The number of rotatable bonds is 9. The Labute approximate surface area is 157 Å². The van der Waals surface area contributed by atoms with Crippen LogP contribution in [0.25, 0.3) is 0 Å². The molecular formula is C17H31IN4O. The summed E-state index contributed by atoms with van der Waals surface area (Å²) in [6, 6.07) is 3.85. The molecule has 6 heteroatoms. The van der Waals surface area contributed by atoms with Crippen molar-refractivity contribution in [1.29, 1.82) is 0 Å². The highest BCUT2D eigenvalue weighted by atomic mass is 127. The van der Waals surface area contributed by atoms with E-state index in [1.54, 1.807) is 13.3 Å². The number of methoxy groups -OCH3 is 1. The number of halogens is 1. The quantitative estimate of drug-likeness (QED) is 0.270. The van der Waals surface area contributed by atoms with Gasteiger partial charge in [-0.15, -0.1) is 24.0 Å². The van der Waals surface area contributed by atoms with Gasteiger partial charge in [-0.25, -0.2) is 9.98 Å². The van der Waals surface area contributed by atoms with E-state index < -0.39 is 0 Å². The molecule has 0 aliphatic carbocycles. The molecule has 23 heavy (non-hydrogen) atoms. The maximum Gasteiger partial charge on any atom is 0.212 e. The highest BCUT2D eigenvalue weighted by Crippen LogP contribution is 2.07. The molecule has 0 saturated heterocycles. The number of unbranched alkanes of at least 4 members (excludes halogenated alkanes) is 1. The molecule has 0 bridgehead atoms. The van der Waals surface area contributed by atoms with Crippen LogP contribution in [0, 0.1) is 5.92 Å². The van der Waals surface area contributed by atoms with Crippen LogP contribution in [0.2, 0.25) is 0 Å². The van der Waals surface area contributed by atoms with Crippen molar-refractivity contribution in [2.45, 2.75) is 46.6 Å². The fourth-order valence-corrected chi connectivity index (χ4v) is 2.02. The number of nitrogens with one attached hydrogen (secondary N) is 2. The Balaban J connectivity index is 0.00000484. The lowest BCUT2D eigenvalue weighted by atomic mass is 10.1. The van der Waals surface area contributed by atoms with Crippen molar-refractivity contribution in [1.82, 2.24) is 15.6 Å². The third-order valence-corrected chi connectivity index (χ3v) is 3.27. The molecule has 0 aliphatic rings. The summed E-state index contributed by atoms with van der Waals surface area (Å²) in [4.78, 5) is 8.78. The van der Waals surface area contributed by atoms with Crippen LogP contribution in [-0.2, 0) is 6.54 Å². The number of aliphatic imine (C=N–C) groups is 1. The van der Waals surface area contributed by atoms with Crippen LogP contribution in [0.3, 0.4) is 0 Å². The molecule has 0 aromatic carbocycles. The van der Waals surface area contributed by atoms with Crippen LogP contribution in [0.15, 0.2) is 23.3 Å². The SMILES string of the molecule is CCNC(=NCc1ccc(OC)nc1)NCCCCC(C)C.I. The van der Waals surface area contributed by atoms with Gasteiger partial charge in [-0.3, -0.25) is 0 Å². The molecule has 0 atom stereocenters. The molecule has 0 aliphatic heterocycles. The molecule has 0 radical (unpaired) electrons. The lowest BCUT2D eigenvalue weighted by Gasteiger charge is -2.11. The minimum absolute atomic E-state index is 0. The molecule has 1 rings (SSSR count). The topological polar surface area (TPSA) is 58.5 Å². The van der Waals surface area contributed by atoms with Gasteiger partial charge in [-0.2, -0.15) is 0 Å². The van der Waals surface area contributed by atoms with Gasteiger partial charge in [0.1, 0.15) is 0 Å². The molecule has 2 N–H and O–H groups in total. The summed E-state index contributed by atoms with van der Waals surface area (Å²) < 4.78 is 5.05. The van der Waals surface area contributed by atoms with E-state index in [1.807, 2.05) is 12.1 Å². The van der Waals surface area contributed by atoms with Crippen molar-refractivity contribution in [2.24, 2.45) is 10.9 Å². The van der Waals surface area contributed by atoms with Gasteiger partial charge in [0.2, 0.25) is 5.88 Å². The maximum absolute atomic E-state index is 5.05. The van der Waals surface area contributed by atoms with Crippen LogP contribution in [0.4, 0.5) is 0 Å². The van der Waals surface area contributed by atoms with Gasteiger partial charge in [-0.05, 0) is 24.8 Å². The molecule has 0 fully saturated rings. The first-order valence-electron chi connectivity index (χ1n) is 8.16. The maximum atomic E-state index is 5.05. The van der Waals surface area contributed by atoms with E-state index in [-0.39, 0.29) is 24.0 Å². The van der Waals surface area contributed by atoms with Gasteiger partial charge < -0.3 is 15.4 Å². The van der Waals surface area contributed by atoms with Crippen LogP contribution in [0.5, 0.6) is 5.88 Å². The molecule has 0 unspecified atom stereocenters. The van der Waals surface area contributed by atoms with E-state index >= 15 is 0 Å². The van der Waals surface area contributed by atoms with Crippen molar-refractivity contribution in [2.75, 3.05) is 20.2 Å². The van der Waals surface area contributed by atoms with Gasteiger partial charge in [0, 0.05) is 25.4 Å². The molecule has 1 heterocycles. The average molecular weight is 434 g/mol. The monoisotopic (exact) mass is 434 g/mol. The zero-order valence-corrected chi connectivity index (χ0v) is 17.1. The van der Waals surface area contributed by atoms with Crippen molar-refractivity contribution in [3.05, 3.63) is 23.9 Å². The number of hydrogen-bond acceptors (Lipinski definition) is 3. The fraction of sp³-hybridized carbons (Fsp3) is 0.647. The summed E-state index contributed by atoms with van der Waals surface area (Å²) in [5, 5.41) is 6.65. The fourth-order valence-electron chi connectivity index (χ4n) is 2.02. The van der Waals surface area contributed by atoms with Crippen molar-refractivity contribution in [3.8, 4) is 5.88 Å². The Bertz CT molecular complexity index is 435. The highest BCUT2D eigenvalue weighted by molar-refractivity contribution is 14.0. The number of nitrogens with zero attached hydrogens (tertiary/aromatic N) is 2. The lowest BCUT2D eigenvalue weighted by molar-refractivity contribution is 0.397. The number of ether oxygens (including phenoxy) is 1. The first kappa shape index (κ1) is 21.9. The Kier molecular flexibility index (Phi) is 12.8. The predicted octanol–water partition coefficient (Wildman–Crippen LogP) is 3.59. The summed E-state index contributed by atoms with van der Waals surface area (Å²) in [5.74, 6) is 2.27. The number of hydrogen-bond donors (Lipinski definition) is 2. The summed E-state index contributed by atoms with van der Waals surface area (Å²) in [5.41, 5.74) is 1.07. The largest absolute Gasteiger partial charge is 0.481 e. The van der Waals surface area contributed by atoms with Crippen LogP contribution >= 0.6 is 24.0 Å². The second kappa shape index (κ2) is 13.4. The van der Waals surface area contributed by atoms with E-state index in [2.05, 4.69) is 41.4 Å². The van der Waals surface area contributed by atoms with E-state index in [1.165, 1.54) is 19.3 Å². The van der Waals surface area contributed by atoms with E-state index in [0.717, 1.165) is 30.5 Å². The third-order valence-electron chi connectivity index (χ3n) is 3.27. The molecule has 0 amide bonds. The minimum atomic E-state index is 0.